The molecule has 5 nitrogen and oxygen atoms in total. The average molecular weight is 286 g/mol. The van der Waals surface area contributed by atoms with Gasteiger partial charge in [-0.3, -0.25) is 0 Å². The first-order valence-electron chi connectivity index (χ1n) is 7.11. The van der Waals surface area contributed by atoms with Gasteiger partial charge in [-0.2, -0.15) is 0 Å². The van der Waals surface area contributed by atoms with Crippen LogP contribution in [0, 0.1) is 0 Å². The van der Waals surface area contributed by atoms with Crippen LogP contribution >= 0.6 is 0 Å². The van der Waals surface area contributed by atoms with Crippen LogP contribution in [0.25, 0.3) is 0 Å². The molecule has 1 aliphatic heterocycles. The Morgan fingerprint density at radius 2 is 2.24 bits per heavy atom. The minimum Gasteiger partial charge on any atom is -0.455 e. The van der Waals surface area contributed by atoms with Gasteiger partial charge < -0.3 is 14.0 Å². The summed E-state index contributed by atoms with van der Waals surface area (Å²) in [5.74, 6) is -0.342. The molecule has 2 atom stereocenters. The maximum absolute atomic E-state index is 12.3. The van der Waals surface area contributed by atoms with Crippen molar-refractivity contribution in [3.63, 3.8) is 0 Å². The second-order valence-electron chi connectivity index (χ2n) is 5.16. The lowest BCUT2D eigenvalue weighted by Crippen LogP contribution is -2.21. The Morgan fingerprint density at radius 3 is 2.95 bits per heavy atom. The summed E-state index contributed by atoms with van der Waals surface area (Å²) in [6.07, 6.45) is 3.83. The Kier molecular flexibility index (Phi) is 4.01. The van der Waals surface area contributed by atoms with Crippen molar-refractivity contribution in [2.45, 2.75) is 25.5 Å². The molecule has 3 rings (SSSR count). The van der Waals surface area contributed by atoms with Gasteiger partial charge >= 0.3 is 5.97 Å². The summed E-state index contributed by atoms with van der Waals surface area (Å²) in [5, 5.41) is 0. The number of benzene rings is 1. The van der Waals surface area contributed by atoms with Crippen molar-refractivity contribution in [1.82, 2.24) is 9.55 Å². The van der Waals surface area contributed by atoms with Crippen LogP contribution in [0.3, 0.4) is 0 Å². The molecule has 5 heteroatoms. The number of rotatable bonds is 4. The topological polar surface area (TPSA) is 53.4 Å². The minimum absolute atomic E-state index is 0.0241. The van der Waals surface area contributed by atoms with Crippen molar-refractivity contribution in [1.29, 1.82) is 0 Å². The van der Waals surface area contributed by atoms with Gasteiger partial charge in [0.15, 0.2) is 0 Å². The molecule has 0 saturated carbocycles. The lowest BCUT2D eigenvalue weighted by molar-refractivity contribution is 0.0257. The van der Waals surface area contributed by atoms with Crippen LogP contribution in [0.1, 0.15) is 35.4 Å². The maximum Gasteiger partial charge on any atom is 0.356 e. The van der Waals surface area contributed by atoms with Crippen molar-refractivity contribution in [3.8, 4) is 0 Å². The SMILES string of the molecule is C[C@H](c1ccccc1)n1cncc1C(=O)O[C@H]1CCOC1. The normalized spacial score (nSPS) is 19.4. The quantitative estimate of drug-likeness (QED) is 0.810. The van der Waals surface area contributed by atoms with Crippen molar-refractivity contribution in [3.05, 3.63) is 54.1 Å². The second kappa shape index (κ2) is 6.10. The summed E-state index contributed by atoms with van der Waals surface area (Å²) in [6.45, 7) is 3.16. The highest BCUT2D eigenvalue weighted by molar-refractivity contribution is 5.87. The number of carbonyl (C=O) groups excluding carboxylic acids is 1. The smallest absolute Gasteiger partial charge is 0.356 e. The molecule has 0 amide bonds. The van der Waals surface area contributed by atoms with Crippen LogP contribution in [0.5, 0.6) is 0 Å². The molecule has 0 unspecified atom stereocenters. The Morgan fingerprint density at radius 1 is 1.43 bits per heavy atom. The summed E-state index contributed by atoms with van der Waals surface area (Å²) in [4.78, 5) is 16.4. The van der Waals surface area contributed by atoms with Crippen LogP contribution < -0.4 is 0 Å². The van der Waals surface area contributed by atoms with Gasteiger partial charge in [0, 0.05) is 6.42 Å². The zero-order valence-corrected chi connectivity index (χ0v) is 11.9. The Balaban J connectivity index is 1.78. The summed E-state index contributed by atoms with van der Waals surface area (Å²) in [7, 11) is 0. The zero-order valence-electron chi connectivity index (χ0n) is 11.9. The first-order valence-corrected chi connectivity index (χ1v) is 7.11. The van der Waals surface area contributed by atoms with Crippen LogP contribution in [-0.2, 0) is 9.47 Å². The largest absolute Gasteiger partial charge is 0.455 e. The average Bonchev–Trinajstić information content (AvgIpc) is 3.18. The molecule has 1 saturated heterocycles. The van der Waals surface area contributed by atoms with Gasteiger partial charge in [-0.1, -0.05) is 30.3 Å². The number of hydrogen-bond donors (Lipinski definition) is 0. The molecule has 1 aromatic carbocycles. The Bertz CT molecular complexity index is 603. The van der Waals surface area contributed by atoms with Gasteiger partial charge in [0.1, 0.15) is 11.8 Å². The monoisotopic (exact) mass is 286 g/mol. The van der Waals surface area contributed by atoms with Gasteiger partial charge in [-0.25, -0.2) is 9.78 Å². The molecular formula is C16H18N2O3. The lowest BCUT2D eigenvalue weighted by Gasteiger charge is -2.17. The number of ether oxygens (including phenoxy) is 2. The standard InChI is InChI=1S/C16H18N2O3/c1-12(13-5-3-2-4-6-13)18-11-17-9-15(18)16(19)21-14-7-8-20-10-14/h2-6,9,11-12,14H,7-8,10H2,1H3/t12-,14+/m1/s1. The molecule has 0 bridgehead atoms. The number of imidazole rings is 1. The Hall–Kier alpha value is -2.14. The lowest BCUT2D eigenvalue weighted by atomic mass is 10.1. The second-order valence-corrected chi connectivity index (χ2v) is 5.16. The fourth-order valence-electron chi connectivity index (χ4n) is 2.48. The van der Waals surface area contributed by atoms with E-state index in [1.54, 1.807) is 12.5 Å². The zero-order chi connectivity index (χ0) is 14.7. The fourth-order valence-corrected chi connectivity index (χ4v) is 2.48. The molecule has 1 aromatic heterocycles. The number of carbonyl (C=O) groups is 1. The molecule has 2 aromatic rings. The van der Waals surface area contributed by atoms with Crippen LogP contribution in [-0.4, -0.2) is 34.8 Å². The highest BCUT2D eigenvalue weighted by atomic mass is 16.6. The Labute approximate surface area is 123 Å². The molecule has 0 N–H and O–H groups in total. The highest BCUT2D eigenvalue weighted by Crippen LogP contribution is 2.20. The van der Waals surface area contributed by atoms with Crippen molar-refractivity contribution >= 4 is 5.97 Å². The number of hydrogen-bond acceptors (Lipinski definition) is 4. The van der Waals surface area contributed by atoms with Crippen molar-refractivity contribution < 1.29 is 14.3 Å². The van der Waals surface area contributed by atoms with Crippen LogP contribution in [0.15, 0.2) is 42.9 Å². The van der Waals surface area contributed by atoms with E-state index in [2.05, 4.69) is 4.98 Å². The van der Waals surface area contributed by atoms with E-state index >= 15 is 0 Å². The third-order valence-corrected chi connectivity index (χ3v) is 3.74. The predicted octanol–water partition coefficient (Wildman–Crippen LogP) is 2.44. The van der Waals surface area contributed by atoms with Gasteiger partial charge in [-0.05, 0) is 12.5 Å². The molecule has 0 radical (unpaired) electrons. The minimum atomic E-state index is -0.342. The van der Waals surface area contributed by atoms with E-state index in [0.717, 1.165) is 12.0 Å². The van der Waals surface area contributed by atoms with Crippen LogP contribution in [0.4, 0.5) is 0 Å². The number of aromatic nitrogens is 2. The molecule has 21 heavy (non-hydrogen) atoms. The van der Waals surface area contributed by atoms with Crippen molar-refractivity contribution in [2.75, 3.05) is 13.2 Å². The number of esters is 1. The summed E-state index contributed by atoms with van der Waals surface area (Å²) in [5.41, 5.74) is 1.59. The third-order valence-electron chi connectivity index (χ3n) is 3.74. The molecular weight excluding hydrogens is 268 g/mol. The molecule has 1 aliphatic rings. The van der Waals surface area contributed by atoms with E-state index in [1.807, 2.05) is 41.8 Å². The fraction of sp³-hybridized carbons (Fsp3) is 0.375. The predicted molar refractivity (Wildman–Crippen MR) is 77.1 cm³/mol. The van der Waals surface area contributed by atoms with E-state index in [1.165, 1.54) is 0 Å². The van der Waals surface area contributed by atoms with E-state index in [0.29, 0.717) is 18.9 Å². The van der Waals surface area contributed by atoms with E-state index in [9.17, 15) is 4.79 Å². The molecule has 110 valence electrons. The first-order chi connectivity index (χ1) is 10.3. The maximum atomic E-state index is 12.3. The van der Waals surface area contributed by atoms with E-state index in [4.69, 9.17) is 9.47 Å². The third kappa shape index (κ3) is 2.97. The molecule has 0 aliphatic carbocycles. The van der Waals surface area contributed by atoms with Gasteiger partial charge in [-0.15, -0.1) is 0 Å². The van der Waals surface area contributed by atoms with E-state index < -0.39 is 0 Å². The van der Waals surface area contributed by atoms with Crippen molar-refractivity contribution in [2.24, 2.45) is 0 Å². The summed E-state index contributed by atoms with van der Waals surface area (Å²) in [6, 6.07) is 10.0. The van der Waals surface area contributed by atoms with Gasteiger partial charge in [0.05, 0.1) is 31.8 Å². The molecule has 2 heterocycles. The summed E-state index contributed by atoms with van der Waals surface area (Å²) >= 11 is 0. The first kappa shape index (κ1) is 13.8. The van der Waals surface area contributed by atoms with E-state index in [-0.39, 0.29) is 18.1 Å². The summed E-state index contributed by atoms with van der Waals surface area (Å²) < 4.78 is 12.5. The van der Waals surface area contributed by atoms with Gasteiger partial charge in [0.2, 0.25) is 0 Å². The molecule has 0 spiro atoms. The highest BCUT2D eigenvalue weighted by Gasteiger charge is 2.24. The number of nitrogens with zero attached hydrogens (tertiary/aromatic N) is 2. The molecule has 1 fully saturated rings. The van der Waals surface area contributed by atoms with Gasteiger partial charge in [0.25, 0.3) is 0 Å². The van der Waals surface area contributed by atoms with Crippen LogP contribution in [0.2, 0.25) is 0 Å².